The summed E-state index contributed by atoms with van der Waals surface area (Å²) >= 11 is 2.18. The first kappa shape index (κ1) is 27.3. The van der Waals surface area contributed by atoms with E-state index in [4.69, 9.17) is 4.74 Å². The molecular weight excluding hydrogens is 548 g/mol. The van der Waals surface area contributed by atoms with Gasteiger partial charge in [-0.2, -0.15) is 0 Å². The number of anilines is 1. The molecule has 1 saturated heterocycles. The number of hydrogen-bond acceptors (Lipinski definition) is 10. The van der Waals surface area contributed by atoms with Crippen LogP contribution in [0.2, 0.25) is 0 Å². The number of nitrogens with one attached hydrogen (secondary N) is 1. The van der Waals surface area contributed by atoms with E-state index in [1.165, 1.54) is 30.0 Å². The molecule has 3 aromatic rings. The van der Waals surface area contributed by atoms with Crippen molar-refractivity contribution >= 4 is 63.7 Å². The molecule has 12 nitrogen and oxygen atoms in total. The number of carbonyl (C=O) groups excluding carboxylic acids is 3. The number of rotatable bonds is 9. The van der Waals surface area contributed by atoms with Crippen LogP contribution in [0, 0.1) is 20.2 Å². The van der Waals surface area contributed by atoms with Crippen LogP contribution < -0.4 is 10.1 Å². The van der Waals surface area contributed by atoms with Gasteiger partial charge >= 0.3 is 5.69 Å². The second-order valence-electron chi connectivity index (χ2n) is 7.89. The molecule has 14 heteroatoms. The number of amides is 3. The molecule has 0 atom stereocenters. The first-order chi connectivity index (χ1) is 18.6. The van der Waals surface area contributed by atoms with Gasteiger partial charge in [0.2, 0.25) is 11.7 Å². The van der Waals surface area contributed by atoms with Crippen molar-refractivity contribution in [2.45, 2.75) is 4.90 Å². The van der Waals surface area contributed by atoms with Crippen LogP contribution >= 0.6 is 23.5 Å². The van der Waals surface area contributed by atoms with E-state index in [9.17, 15) is 34.6 Å². The van der Waals surface area contributed by atoms with Gasteiger partial charge in [-0.1, -0.05) is 18.2 Å². The van der Waals surface area contributed by atoms with E-state index >= 15 is 0 Å². The van der Waals surface area contributed by atoms with Crippen molar-refractivity contribution in [1.82, 2.24) is 4.90 Å². The molecule has 0 bridgehead atoms. The summed E-state index contributed by atoms with van der Waals surface area (Å²) in [6, 6.07) is 16.3. The Morgan fingerprint density at radius 1 is 1.05 bits per heavy atom. The maximum Gasteiger partial charge on any atom is 0.318 e. The molecule has 198 valence electrons. The predicted octanol–water partition coefficient (Wildman–Crippen LogP) is 5.69. The van der Waals surface area contributed by atoms with E-state index in [1.807, 2.05) is 12.3 Å². The Balaban J connectivity index is 1.48. The lowest BCUT2D eigenvalue weighted by molar-refractivity contribution is -0.394. The molecule has 0 unspecified atom stereocenters. The van der Waals surface area contributed by atoms with Crippen LogP contribution in [0.15, 0.2) is 76.5 Å². The topological polar surface area (TPSA) is 162 Å². The first-order valence-electron chi connectivity index (χ1n) is 11.0. The molecule has 3 aromatic carbocycles. The van der Waals surface area contributed by atoms with Gasteiger partial charge in [-0.15, -0.1) is 11.8 Å². The molecule has 4 rings (SSSR count). The second-order valence-corrected chi connectivity index (χ2v) is 9.76. The molecule has 1 fully saturated rings. The van der Waals surface area contributed by atoms with E-state index in [0.717, 1.165) is 28.0 Å². The lowest BCUT2D eigenvalue weighted by atomic mass is 10.2. The summed E-state index contributed by atoms with van der Waals surface area (Å²) in [5.41, 5.74) is -0.0600. The van der Waals surface area contributed by atoms with E-state index in [-0.39, 0.29) is 16.4 Å². The maximum absolute atomic E-state index is 12.9. The Morgan fingerprint density at radius 3 is 2.54 bits per heavy atom. The summed E-state index contributed by atoms with van der Waals surface area (Å²) in [6.07, 6.45) is 3.33. The number of non-ortho nitro benzene ring substituents is 1. The zero-order chi connectivity index (χ0) is 28.1. The molecule has 3 amide bonds. The minimum Gasteiger partial charge on any atom is -0.450 e. The Morgan fingerprint density at radius 2 is 1.82 bits per heavy atom. The van der Waals surface area contributed by atoms with Crippen molar-refractivity contribution in [3.8, 4) is 11.5 Å². The lowest BCUT2D eigenvalue weighted by Crippen LogP contribution is -2.36. The number of carbonyl (C=O) groups is 3. The Hall–Kier alpha value is -4.69. The SMILES string of the molecule is CSc1cccc(NC(=O)CN2C(=O)S/C(=C/c3cccc(Oc4ccc([N+](=O)[O-])cc4[N+](=O)[O-])c3)C2=O)c1. The second kappa shape index (κ2) is 11.8. The highest BCUT2D eigenvalue weighted by molar-refractivity contribution is 8.18. The van der Waals surface area contributed by atoms with Crippen LogP contribution in [0.1, 0.15) is 5.56 Å². The molecule has 1 N–H and O–H groups in total. The van der Waals surface area contributed by atoms with Crippen LogP contribution in [0.4, 0.5) is 21.9 Å². The summed E-state index contributed by atoms with van der Waals surface area (Å²) in [4.78, 5) is 60.4. The smallest absolute Gasteiger partial charge is 0.318 e. The quantitative estimate of drug-likeness (QED) is 0.147. The normalized spacial score (nSPS) is 14.0. The highest BCUT2D eigenvalue weighted by Gasteiger charge is 2.36. The molecule has 0 saturated carbocycles. The van der Waals surface area contributed by atoms with Gasteiger partial charge in [-0.3, -0.25) is 39.5 Å². The van der Waals surface area contributed by atoms with E-state index in [2.05, 4.69) is 5.32 Å². The van der Waals surface area contributed by atoms with Gasteiger partial charge in [0.05, 0.1) is 20.8 Å². The lowest BCUT2D eigenvalue weighted by Gasteiger charge is -2.12. The highest BCUT2D eigenvalue weighted by atomic mass is 32.2. The zero-order valence-corrected chi connectivity index (χ0v) is 21.7. The average Bonchev–Trinajstić information content (AvgIpc) is 3.16. The molecule has 0 radical (unpaired) electrons. The average molecular weight is 567 g/mol. The van der Waals surface area contributed by atoms with Crippen LogP contribution in [0.3, 0.4) is 0 Å². The van der Waals surface area contributed by atoms with Crippen molar-refractivity contribution in [2.75, 3.05) is 18.1 Å². The fraction of sp³-hybridized carbons (Fsp3) is 0.0800. The fourth-order valence-electron chi connectivity index (χ4n) is 3.48. The fourth-order valence-corrected chi connectivity index (χ4v) is 4.77. The van der Waals surface area contributed by atoms with Gasteiger partial charge in [-0.05, 0) is 66.1 Å². The van der Waals surface area contributed by atoms with Crippen molar-refractivity contribution in [1.29, 1.82) is 0 Å². The van der Waals surface area contributed by atoms with Gasteiger partial charge in [0, 0.05) is 16.6 Å². The van der Waals surface area contributed by atoms with Crippen molar-refractivity contribution in [2.24, 2.45) is 0 Å². The molecule has 39 heavy (non-hydrogen) atoms. The number of ether oxygens (including phenoxy) is 1. The van der Waals surface area contributed by atoms with Gasteiger partial charge in [0.15, 0.2) is 0 Å². The van der Waals surface area contributed by atoms with Gasteiger partial charge in [-0.25, -0.2) is 0 Å². The van der Waals surface area contributed by atoms with Gasteiger partial charge < -0.3 is 10.1 Å². The third-order valence-electron chi connectivity index (χ3n) is 5.26. The van der Waals surface area contributed by atoms with Crippen molar-refractivity contribution in [3.63, 3.8) is 0 Å². The van der Waals surface area contributed by atoms with E-state index in [0.29, 0.717) is 23.0 Å². The first-order valence-corrected chi connectivity index (χ1v) is 13.1. The maximum atomic E-state index is 12.9. The van der Waals surface area contributed by atoms with Crippen molar-refractivity contribution in [3.05, 3.63) is 97.4 Å². The molecule has 0 aliphatic carbocycles. The number of nitro groups is 2. The van der Waals surface area contributed by atoms with Gasteiger partial charge in [0.25, 0.3) is 16.8 Å². The standard InChI is InChI=1S/C25H18N4O8S2/c1-38-19-7-3-5-16(12-19)26-23(30)14-27-24(31)22(39-25(27)32)11-15-4-2-6-18(10-15)37-21-9-8-17(28(33)34)13-20(21)29(35)36/h2-13H,14H2,1H3,(H,26,30)/b22-11+. The number of thioether (sulfide) groups is 2. The third kappa shape index (κ3) is 6.61. The van der Waals surface area contributed by atoms with E-state index < -0.39 is 44.8 Å². The number of nitro benzene ring substituents is 2. The highest BCUT2D eigenvalue weighted by Crippen LogP contribution is 2.36. The molecule has 0 spiro atoms. The summed E-state index contributed by atoms with van der Waals surface area (Å²) in [6.45, 7) is -0.460. The Bertz CT molecular complexity index is 1540. The minimum atomic E-state index is -0.794. The van der Waals surface area contributed by atoms with Crippen LogP contribution in [0.5, 0.6) is 11.5 Å². The molecule has 1 aliphatic heterocycles. The third-order valence-corrected chi connectivity index (χ3v) is 6.90. The number of benzene rings is 3. The number of nitrogens with zero attached hydrogens (tertiary/aromatic N) is 3. The van der Waals surface area contributed by atoms with E-state index in [1.54, 1.807) is 30.3 Å². The van der Waals surface area contributed by atoms with Crippen LogP contribution in [-0.4, -0.2) is 44.6 Å². The summed E-state index contributed by atoms with van der Waals surface area (Å²) in [5.74, 6) is -1.23. The molecule has 0 aromatic heterocycles. The largest absolute Gasteiger partial charge is 0.450 e. The molecule has 1 heterocycles. The predicted molar refractivity (Wildman–Crippen MR) is 146 cm³/mol. The van der Waals surface area contributed by atoms with Crippen molar-refractivity contribution < 1.29 is 29.0 Å². The van der Waals surface area contributed by atoms with Crippen LogP contribution in [0.25, 0.3) is 6.08 Å². The number of hydrogen-bond donors (Lipinski definition) is 1. The zero-order valence-electron chi connectivity index (χ0n) is 20.1. The van der Waals surface area contributed by atoms with Crippen LogP contribution in [-0.2, 0) is 9.59 Å². The Labute approximate surface area is 229 Å². The molecule has 1 aliphatic rings. The summed E-state index contributed by atoms with van der Waals surface area (Å²) < 4.78 is 5.59. The number of imide groups is 1. The van der Waals surface area contributed by atoms with Gasteiger partial charge in [0.1, 0.15) is 12.3 Å². The minimum absolute atomic E-state index is 0.0793. The Kier molecular flexibility index (Phi) is 8.27. The summed E-state index contributed by atoms with van der Waals surface area (Å²) in [7, 11) is 0. The molecular formula is C25H18N4O8S2. The summed E-state index contributed by atoms with van der Waals surface area (Å²) in [5, 5.41) is 24.4. The monoisotopic (exact) mass is 566 g/mol.